The Bertz CT molecular complexity index is 774. The highest BCUT2D eigenvalue weighted by Crippen LogP contribution is 2.17. The maximum Gasteiger partial charge on any atom is 0.330 e. The average molecular weight is 321 g/mol. The van der Waals surface area contributed by atoms with E-state index in [0.29, 0.717) is 13.0 Å². The summed E-state index contributed by atoms with van der Waals surface area (Å²) in [5.41, 5.74) is -0.780. The van der Waals surface area contributed by atoms with Gasteiger partial charge in [-0.3, -0.25) is 14.2 Å². The Labute approximate surface area is 132 Å². The van der Waals surface area contributed by atoms with Crippen molar-refractivity contribution < 1.29 is 14.7 Å². The maximum absolute atomic E-state index is 12.2. The Morgan fingerprint density at radius 1 is 1.26 bits per heavy atom. The number of likely N-dealkylation sites (tertiary alicyclic amines) is 1. The molecule has 0 saturated carbocycles. The Balaban J connectivity index is 2.26. The number of carbonyl (C=O) groups is 2. The molecular weight excluding hydrogens is 302 g/mol. The van der Waals surface area contributed by atoms with Crippen LogP contribution in [0.5, 0.6) is 0 Å². The molecule has 8 heteroatoms. The van der Waals surface area contributed by atoms with Gasteiger partial charge >= 0.3 is 11.7 Å². The van der Waals surface area contributed by atoms with Gasteiger partial charge in [-0.2, -0.15) is 0 Å². The van der Waals surface area contributed by atoms with Crippen LogP contribution >= 0.6 is 0 Å². The van der Waals surface area contributed by atoms with Crippen LogP contribution in [-0.4, -0.2) is 43.6 Å². The molecule has 1 unspecified atom stereocenters. The summed E-state index contributed by atoms with van der Waals surface area (Å²) in [5, 5.41) is 9.18. The lowest BCUT2D eigenvalue weighted by molar-refractivity contribution is -0.150. The van der Waals surface area contributed by atoms with Crippen LogP contribution in [0.15, 0.2) is 21.9 Å². The van der Waals surface area contributed by atoms with Gasteiger partial charge in [-0.1, -0.05) is 0 Å². The zero-order chi connectivity index (χ0) is 17.1. The first kappa shape index (κ1) is 16.7. The fraction of sp³-hybridized carbons (Fsp3) is 0.467. The van der Waals surface area contributed by atoms with Gasteiger partial charge in [0.05, 0.1) is 5.56 Å². The molecule has 1 aliphatic rings. The molecule has 2 rings (SSSR count). The summed E-state index contributed by atoms with van der Waals surface area (Å²) in [5.74, 6) is -1.47. The van der Waals surface area contributed by atoms with Gasteiger partial charge in [-0.15, -0.1) is 0 Å². The van der Waals surface area contributed by atoms with Gasteiger partial charge in [0.1, 0.15) is 6.04 Å². The number of amides is 1. The molecule has 124 valence electrons. The first-order valence-electron chi connectivity index (χ1n) is 7.31. The second kappa shape index (κ2) is 6.64. The number of hydrogen-bond acceptors (Lipinski definition) is 4. The topological polar surface area (TPSA) is 102 Å². The van der Waals surface area contributed by atoms with E-state index in [1.54, 1.807) is 0 Å². The number of carboxylic acids is 1. The fourth-order valence-corrected chi connectivity index (χ4v) is 2.66. The Kier molecular flexibility index (Phi) is 4.83. The second-order valence-corrected chi connectivity index (χ2v) is 5.56. The number of carbonyl (C=O) groups excluding carboxylic acids is 1. The maximum atomic E-state index is 12.2. The van der Waals surface area contributed by atoms with Gasteiger partial charge in [0, 0.05) is 32.9 Å². The van der Waals surface area contributed by atoms with Crippen molar-refractivity contribution >= 4 is 18.0 Å². The summed E-state index contributed by atoms with van der Waals surface area (Å²) < 4.78 is 2.19. The summed E-state index contributed by atoms with van der Waals surface area (Å²) in [6.45, 7) is 0.380. The van der Waals surface area contributed by atoms with Crippen LogP contribution in [0.25, 0.3) is 6.08 Å². The highest BCUT2D eigenvalue weighted by atomic mass is 16.4. The summed E-state index contributed by atoms with van der Waals surface area (Å²) in [6, 6.07) is -0.830. The molecule has 1 saturated heterocycles. The van der Waals surface area contributed by atoms with Gasteiger partial charge in [-0.05, 0) is 25.3 Å². The fourth-order valence-electron chi connectivity index (χ4n) is 2.66. The second-order valence-electron chi connectivity index (χ2n) is 5.56. The zero-order valence-electron chi connectivity index (χ0n) is 13.1. The molecule has 1 aromatic rings. The van der Waals surface area contributed by atoms with Crippen molar-refractivity contribution in [1.29, 1.82) is 0 Å². The molecule has 0 aliphatic carbocycles. The molecule has 0 spiro atoms. The minimum absolute atomic E-state index is 0.187. The van der Waals surface area contributed by atoms with E-state index >= 15 is 0 Å². The van der Waals surface area contributed by atoms with Crippen molar-refractivity contribution in [2.75, 3.05) is 6.54 Å². The standard InChI is InChI=1S/C15H19N3O5/c1-16-9-10(13(20)17(2)15(16)23)6-7-12(19)18-8-4-3-5-11(18)14(21)22/h6-7,9,11H,3-5,8H2,1-2H3,(H,21,22)/b7-6+. The van der Waals surface area contributed by atoms with E-state index in [2.05, 4.69) is 0 Å². The highest BCUT2D eigenvalue weighted by Gasteiger charge is 2.30. The van der Waals surface area contributed by atoms with Crippen LogP contribution in [0, 0.1) is 0 Å². The van der Waals surface area contributed by atoms with E-state index in [1.807, 2.05) is 0 Å². The quantitative estimate of drug-likeness (QED) is 0.761. The van der Waals surface area contributed by atoms with E-state index in [9.17, 15) is 24.3 Å². The average Bonchev–Trinajstić information content (AvgIpc) is 2.54. The van der Waals surface area contributed by atoms with Crippen molar-refractivity contribution in [3.63, 3.8) is 0 Å². The number of rotatable bonds is 3. The number of aromatic nitrogens is 2. The predicted molar refractivity (Wildman–Crippen MR) is 82.9 cm³/mol. The number of hydrogen-bond donors (Lipinski definition) is 1. The van der Waals surface area contributed by atoms with Crippen LogP contribution < -0.4 is 11.2 Å². The lowest BCUT2D eigenvalue weighted by atomic mass is 10.0. The molecule has 1 amide bonds. The highest BCUT2D eigenvalue weighted by molar-refractivity contribution is 5.94. The van der Waals surface area contributed by atoms with Crippen LogP contribution in [0.1, 0.15) is 24.8 Å². The minimum Gasteiger partial charge on any atom is -0.480 e. The largest absolute Gasteiger partial charge is 0.480 e. The molecule has 23 heavy (non-hydrogen) atoms. The predicted octanol–water partition coefficient (Wildman–Crippen LogP) is -0.437. The van der Waals surface area contributed by atoms with Crippen LogP contribution in [0.2, 0.25) is 0 Å². The third kappa shape index (κ3) is 3.41. The zero-order valence-corrected chi connectivity index (χ0v) is 13.1. The molecule has 0 aromatic carbocycles. The van der Waals surface area contributed by atoms with E-state index < -0.39 is 29.2 Å². The van der Waals surface area contributed by atoms with Gasteiger partial charge in [0.2, 0.25) is 5.91 Å². The first-order valence-corrected chi connectivity index (χ1v) is 7.31. The van der Waals surface area contributed by atoms with E-state index in [4.69, 9.17) is 0 Å². The summed E-state index contributed by atoms with van der Waals surface area (Å²) in [6.07, 6.45) is 5.80. The van der Waals surface area contributed by atoms with Crippen molar-refractivity contribution in [2.45, 2.75) is 25.3 Å². The van der Waals surface area contributed by atoms with Crippen LogP contribution in [-0.2, 0) is 23.7 Å². The molecule has 1 aromatic heterocycles. The van der Waals surface area contributed by atoms with Crippen molar-refractivity contribution in [3.05, 3.63) is 38.7 Å². The third-order valence-electron chi connectivity index (χ3n) is 3.95. The summed E-state index contributed by atoms with van der Waals surface area (Å²) >= 11 is 0. The number of piperidine rings is 1. The molecule has 2 heterocycles. The third-order valence-corrected chi connectivity index (χ3v) is 3.95. The molecule has 0 bridgehead atoms. The van der Waals surface area contributed by atoms with Crippen LogP contribution in [0.4, 0.5) is 0 Å². The molecule has 1 fully saturated rings. The lowest BCUT2D eigenvalue weighted by Gasteiger charge is -2.32. The molecule has 1 atom stereocenters. The summed E-state index contributed by atoms with van der Waals surface area (Å²) in [4.78, 5) is 48.3. The molecule has 8 nitrogen and oxygen atoms in total. The van der Waals surface area contributed by atoms with Crippen molar-refractivity contribution in [1.82, 2.24) is 14.0 Å². The molecule has 1 aliphatic heterocycles. The monoisotopic (exact) mass is 321 g/mol. The number of carboxylic acid groups (broad SMARTS) is 1. The molecular formula is C15H19N3O5. The first-order chi connectivity index (χ1) is 10.8. The van der Waals surface area contributed by atoms with Gasteiger partial charge in [0.25, 0.3) is 5.56 Å². The van der Waals surface area contributed by atoms with Gasteiger partial charge < -0.3 is 14.6 Å². The number of aryl methyl sites for hydroxylation is 1. The smallest absolute Gasteiger partial charge is 0.330 e. The molecule has 0 radical (unpaired) electrons. The number of nitrogens with zero attached hydrogens (tertiary/aromatic N) is 3. The minimum atomic E-state index is -1.02. The van der Waals surface area contributed by atoms with Crippen LogP contribution in [0.3, 0.4) is 0 Å². The Hall–Kier alpha value is -2.64. The normalized spacial score (nSPS) is 18.3. The van der Waals surface area contributed by atoms with E-state index in [1.165, 1.54) is 41.9 Å². The number of aliphatic carboxylic acids is 1. The van der Waals surface area contributed by atoms with E-state index in [0.717, 1.165) is 17.4 Å². The Morgan fingerprint density at radius 2 is 1.96 bits per heavy atom. The Morgan fingerprint density at radius 3 is 2.61 bits per heavy atom. The lowest BCUT2D eigenvalue weighted by Crippen LogP contribution is -2.47. The molecule has 1 N–H and O–H groups in total. The van der Waals surface area contributed by atoms with E-state index in [-0.39, 0.29) is 5.56 Å². The SMILES string of the molecule is Cn1cc(/C=C/C(=O)N2CCCCC2C(=O)O)c(=O)n(C)c1=O. The van der Waals surface area contributed by atoms with Gasteiger partial charge in [0.15, 0.2) is 0 Å². The summed E-state index contributed by atoms with van der Waals surface area (Å²) in [7, 11) is 2.86. The van der Waals surface area contributed by atoms with Crippen molar-refractivity contribution in [3.8, 4) is 0 Å². The van der Waals surface area contributed by atoms with Crippen molar-refractivity contribution in [2.24, 2.45) is 14.1 Å². The van der Waals surface area contributed by atoms with Gasteiger partial charge in [-0.25, -0.2) is 9.59 Å².